The molecule has 6 heterocycles. The van der Waals surface area contributed by atoms with Crippen molar-refractivity contribution in [2.24, 2.45) is 0 Å². The third-order valence-electron chi connectivity index (χ3n) is 18.7. The summed E-state index contributed by atoms with van der Waals surface area (Å²) in [7, 11) is 0. The van der Waals surface area contributed by atoms with Crippen LogP contribution in [0.2, 0.25) is 0 Å². The van der Waals surface area contributed by atoms with E-state index < -0.39 is 0 Å². The Labute approximate surface area is 503 Å². The Morgan fingerprint density at radius 2 is 0.830 bits per heavy atom. The van der Waals surface area contributed by atoms with Crippen molar-refractivity contribution in [1.82, 2.24) is 18.3 Å². The van der Waals surface area contributed by atoms with Gasteiger partial charge in [-0.25, -0.2) is 4.85 Å². The second kappa shape index (κ2) is 18.2. The summed E-state index contributed by atoms with van der Waals surface area (Å²) >= 11 is 0. The molecule has 1 aliphatic heterocycles. The summed E-state index contributed by atoms with van der Waals surface area (Å²) in [6.07, 6.45) is 8.41. The zero-order chi connectivity index (χ0) is 57.9. The molecule has 12 aromatic carbocycles. The number of furan rings is 1. The van der Waals surface area contributed by atoms with Crippen LogP contribution in [0.5, 0.6) is 5.75 Å². The van der Waals surface area contributed by atoms with Gasteiger partial charge < -0.3 is 27.4 Å². The highest BCUT2D eigenvalue weighted by atomic mass is 16.5. The highest BCUT2D eigenvalue weighted by Crippen LogP contribution is 2.54. The molecule has 2 unspecified atom stereocenters. The van der Waals surface area contributed by atoms with Crippen LogP contribution in [-0.2, 0) is 0 Å². The van der Waals surface area contributed by atoms with E-state index in [0.29, 0.717) is 39.6 Å². The molecule has 5 aromatic heterocycles. The lowest BCUT2D eigenvalue weighted by Gasteiger charge is -2.27. The van der Waals surface area contributed by atoms with E-state index in [4.69, 9.17) is 14.0 Å². The van der Waals surface area contributed by atoms with E-state index in [-0.39, 0.29) is 12.0 Å². The lowest BCUT2D eigenvalue weighted by Crippen LogP contribution is -2.15. The molecule has 1 aliphatic carbocycles. The molecule has 88 heavy (non-hydrogen) atoms. The van der Waals surface area contributed by atoms with E-state index >= 15 is 0 Å². The van der Waals surface area contributed by atoms with Crippen molar-refractivity contribution in [2.45, 2.75) is 12.0 Å². The summed E-state index contributed by atoms with van der Waals surface area (Å²) in [6, 6.07) is 88.4. The van der Waals surface area contributed by atoms with Crippen molar-refractivity contribution in [3.63, 3.8) is 0 Å². The molecule has 17 aromatic rings. The molecule has 0 fully saturated rings. The first-order valence-corrected chi connectivity index (χ1v) is 29.7. The number of rotatable bonds is 6. The third-order valence-corrected chi connectivity index (χ3v) is 18.7. The molecule has 0 bridgehead atoms. The molecular weight excluding hydrogens is 1080 g/mol. The fourth-order valence-corrected chi connectivity index (χ4v) is 15.0. The van der Waals surface area contributed by atoms with E-state index in [9.17, 15) is 11.8 Å². The predicted molar refractivity (Wildman–Crippen MR) is 358 cm³/mol. The van der Waals surface area contributed by atoms with E-state index in [1.54, 1.807) is 0 Å². The molecule has 0 amide bonds. The van der Waals surface area contributed by atoms with Gasteiger partial charge >= 0.3 is 0 Å². The van der Waals surface area contributed by atoms with Crippen LogP contribution in [-0.4, -0.2) is 24.4 Å². The second-order valence-electron chi connectivity index (χ2n) is 23.2. The number of nitriles is 1. The van der Waals surface area contributed by atoms with Crippen molar-refractivity contribution in [1.29, 1.82) is 5.26 Å². The van der Waals surface area contributed by atoms with Gasteiger partial charge in [0.1, 0.15) is 29.1 Å². The molecule has 2 aliphatic rings. The highest BCUT2D eigenvalue weighted by molar-refractivity contribution is 6.20. The zero-order valence-corrected chi connectivity index (χ0v) is 47.1. The molecule has 0 spiro atoms. The highest BCUT2D eigenvalue weighted by Gasteiger charge is 2.37. The van der Waals surface area contributed by atoms with E-state index in [0.717, 1.165) is 137 Å². The SMILES string of the molecule is [C-]#[N+]c1c(-n2c3ccccc3c3cc4c(cc32)oc2ccccc24)c(C#N)c(-n2c3ccccc3c3cc(-c4ccccc4)ccc32)c(-n2c3ccccc3c3cc4c(cc32)OC2C=CC=CC42)c1-n1c2ccccc2c2cc(-c3ccccc3)ccc21. The predicted octanol–water partition coefficient (Wildman–Crippen LogP) is 20.7. The number of allylic oxidation sites excluding steroid dienone is 2. The molecule has 0 N–H and O–H groups in total. The van der Waals surface area contributed by atoms with Crippen molar-refractivity contribution in [2.75, 3.05) is 0 Å². The topological polar surface area (TPSA) is 70.2 Å². The minimum Gasteiger partial charge on any atom is -0.485 e. The van der Waals surface area contributed by atoms with Gasteiger partial charge in [0.15, 0.2) is 0 Å². The monoisotopic (exact) mass is 1120 g/mol. The summed E-state index contributed by atoms with van der Waals surface area (Å²) < 4.78 is 22.9. The number of ether oxygens (including phenoxy) is 1. The van der Waals surface area contributed by atoms with E-state index in [1.807, 2.05) is 36.4 Å². The van der Waals surface area contributed by atoms with Gasteiger partial charge in [0.25, 0.3) is 0 Å². The fraction of sp³-hybridized carbons (Fsp3) is 0.0250. The summed E-state index contributed by atoms with van der Waals surface area (Å²) in [4.78, 5) is 4.88. The van der Waals surface area contributed by atoms with Crippen molar-refractivity contribution in [3.05, 3.63) is 290 Å². The Kier molecular flexibility index (Phi) is 9.99. The average molecular weight is 1120 g/mol. The Hall–Kier alpha value is -12.1. The number of para-hydroxylation sites is 5. The molecule has 19 rings (SSSR count). The molecule has 0 saturated heterocycles. The Bertz CT molecular complexity index is 5870. The maximum absolute atomic E-state index is 12.9. The quantitative estimate of drug-likeness (QED) is 0.156. The number of fused-ring (bicyclic) bond motifs is 18. The third kappa shape index (κ3) is 6.60. The molecule has 0 radical (unpaired) electrons. The van der Waals surface area contributed by atoms with Crippen LogP contribution in [0.1, 0.15) is 17.0 Å². The first kappa shape index (κ1) is 48.3. The Morgan fingerprint density at radius 1 is 0.364 bits per heavy atom. The van der Waals surface area contributed by atoms with E-state index in [2.05, 4.69) is 255 Å². The van der Waals surface area contributed by atoms with Gasteiger partial charge in [-0.3, -0.25) is 0 Å². The van der Waals surface area contributed by atoms with Crippen LogP contribution < -0.4 is 4.74 Å². The van der Waals surface area contributed by atoms with Gasteiger partial charge in [0, 0.05) is 77.5 Å². The van der Waals surface area contributed by atoms with Crippen molar-refractivity contribution >= 4 is 115 Å². The van der Waals surface area contributed by atoms with Gasteiger partial charge in [-0.1, -0.05) is 182 Å². The number of aromatic nitrogens is 4. The van der Waals surface area contributed by atoms with Gasteiger partial charge in [-0.2, -0.15) is 5.26 Å². The second-order valence-corrected chi connectivity index (χ2v) is 23.2. The number of hydrogen-bond acceptors (Lipinski definition) is 3. The summed E-state index contributed by atoms with van der Waals surface area (Å²) in [6.45, 7) is 10.1. The summed E-state index contributed by atoms with van der Waals surface area (Å²) in [5.41, 5.74) is 17.0. The molecular formula is C80H46N6O2. The zero-order valence-electron chi connectivity index (χ0n) is 47.1. The molecule has 0 saturated carbocycles. The molecule has 408 valence electrons. The minimum atomic E-state index is -0.153. The lowest BCUT2D eigenvalue weighted by molar-refractivity contribution is 0.269. The van der Waals surface area contributed by atoms with Crippen LogP contribution in [0, 0.1) is 17.9 Å². The standard InChI is InChI=1S/C80H46N6O2/c1-82-76-77(85-66-32-16-10-26-53(66)59-42-61-55-28-12-18-34-72(55)87-74(61)44-70(59)85)63(46-81)78(83-64-30-14-8-24-51(64)57-40-49(36-38-68(57)83)47-20-4-2-5-21-47)80(79(76)84-65-31-15-9-25-52(65)58-41-50(37-39-69(58)84)48-22-6-3-7-23-48)86-67-33-17-11-27-54(67)60-43-62-56-29-13-19-35-73(56)88-75(62)45-71(60)86/h2-45,56,73H. The smallest absolute Gasteiger partial charge is 0.237 e. The van der Waals surface area contributed by atoms with Crippen LogP contribution in [0.3, 0.4) is 0 Å². The fourth-order valence-electron chi connectivity index (χ4n) is 15.0. The number of benzene rings is 12. The minimum absolute atomic E-state index is 0.0413. The van der Waals surface area contributed by atoms with Gasteiger partial charge in [0.2, 0.25) is 5.69 Å². The largest absolute Gasteiger partial charge is 0.485 e. The van der Waals surface area contributed by atoms with Gasteiger partial charge in [-0.15, -0.1) is 0 Å². The average Bonchev–Trinajstić information content (AvgIpc) is 1.56. The molecule has 8 nitrogen and oxygen atoms in total. The maximum atomic E-state index is 12.9. The van der Waals surface area contributed by atoms with Crippen molar-refractivity contribution < 1.29 is 9.15 Å². The Morgan fingerprint density at radius 3 is 1.41 bits per heavy atom. The van der Waals surface area contributed by atoms with Crippen LogP contribution in [0.25, 0.3) is 159 Å². The lowest BCUT2D eigenvalue weighted by atomic mass is 9.91. The van der Waals surface area contributed by atoms with Gasteiger partial charge in [0.05, 0.1) is 79.0 Å². The maximum Gasteiger partial charge on any atom is 0.237 e. The number of nitrogens with zero attached hydrogens (tertiary/aromatic N) is 6. The normalized spacial score (nSPS) is 14.6. The van der Waals surface area contributed by atoms with E-state index in [1.165, 1.54) is 0 Å². The van der Waals surface area contributed by atoms with Crippen LogP contribution in [0.4, 0.5) is 5.69 Å². The Balaban J connectivity index is 1.07. The molecule has 2 atom stereocenters. The number of hydrogen-bond donors (Lipinski definition) is 0. The molecule has 8 heteroatoms. The van der Waals surface area contributed by atoms with Crippen molar-refractivity contribution in [3.8, 4) is 56.8 Å². The van der Waals surface area contributed by atoms with Gasteiger partial charge in [-0.05, 0) is 95.1 Å². The summed E-state index contributed by atoms with van der Waals surface area (Å²) in [5, 5.41) is 23.0. The first-order valence-electron chi connectivity index (χ1n) is 29.7. The summed E-state index contributed by atoms with van der Waals surface area (Å²) in [5.74, 6) is 0.839. The van der Waals surface area contributed by atoms with Crippen LogP contribution in [0.15, 0.2) is 271 Å². The first-order chi connectivity index (χ1) is 43.6. The van der Waals surface area contributed by atoms with Crippen LogP contribution >= 0.6 is 0 Å².